The largest absolute Gasteiger partial charge is 0.464 e. The van der Waals surface area contributed by atoms with E-state index in [1.54, 1.807) is 43.3 Å². The van der Waals surface area contributed by atoms with Crippen molar-refractivity contribution in [1.29, 1.82) is 0 Å². The summed E-state index contributed by atoms with van der Waals surface area (Å²) in [6.45, 7) is 6.93. The topological polar surface area (TPSA) is 141 Å². The molecule has 1 aromatic carbocycles. The standard InChI is InChI=1S/C30H37N3O7S/c1-5-39-28(37)24(18-21-8-10-23(11-9-21)40-27(36)22-12-16-31-17-13-22)32-29(38)30(14-6-7-15-30)33-26(35)25(19(2)3)41-20(4)34/h8-13,16-17,19,24-25H,5-7,14-15,18H2,1-4H3,(H,32,38)(H,33,35)/t24-,25-/m0/s1. The van der Waals surface area contributed by atoms with Gasteiger partial charge in [0.05, 0.1) is 17.4 Å². The molecule has 1 aliphatic rings. The van der Waals surface area contributed by atoms with E-state index in [0.717, 1.165) is 24.6 Å². The Morgan fingerprint density at radius 3 is 2.20 bits per heavy atom. The number of rotatable bonds is 12. The second kappa shape index (κ2) is 14.8. The molecule has 0 spiro atoms. The van der Waals surface area contributed by atoms with Gasteiger partial charge in [0.25, 0.3) is 0 Å². The van der Waals surface area contributed by atoms with Crippen LogP contribution in [0.15, 0.2) is 48.8 Å². The molecule has 1 fully saturated rings. The van der Waals surface area contributed by atoms with Crippen LogP contribution < -0.4 is 15.4 Å². The lowest BCUT2D eigenvalue weighted by Crippen LogP contribution is -2.61. The van der Waals surface area contributed by atoms with Gasteiger partial charge in [-0.2, -0.15) is 0 Å². The van der Waals surface area contributed by atoms with Gasteiger partial charge in [-0.1, -0.05) is 50.6 Å². The van der Waals surface area contributed by atoms with Crippen molar-refractivity contribution in [2.75, 3.05) is 6.61 Å². The van der Waals surface area contributed by atoms with Gasteiger partial charge in [0.1, 0.15) is 17.3 Å². The lowest BCUT2D eigenvalue weighted by atomic mass is 9.94. The molecule has 0 bridgehead atoms. The van der Waals surface area contributed by atoms with Crippen LogP contribution in [0, 0.1) is 5.92 Å². The monoisotopic (exact) mass is 583 g/mol. The third-order valence-corrected chi connectivity index (χ3v) is 8.12. The highest BCUT2D eigenvalue weighted by Crippen LogP contribution is 2.32. The van der Waals surface area contributed by atoms with E-state index in [-0.39, 0.29) is 30.0 Å². The van der Waals surface area contributed by atoms with E-state index in [4.69, 9.17) is 9.47 Å². The lowest BCUT2D eigenvalue weighted by Gasteiger charge is -2.33. The summed E-state index contributed by atoms with van der Waals surface area (Å²) < 4.78 is 10.6. The first kappa shape index (κ1) is 31.8. The first-order valence-corrected chi connectivity index (χ1v) is 14.6. The van der Waals surface area contributed by atoms with Gasteiger partial charge in [-0.25, -0.2) is 9.59 Å². The Morgan fingerprint density at radius 1 is 1.00 bits per heavy atom. The van der Waals surface area contributed by atoms with Gasteiger partial charge in [0.15, 0.2) is 5.12 Å². The van der Waals surface area contributed by atoms with Crippen LogP contribution in [0.5, 0.6) is 5.75 Å². The number of thioether (sulfide) groups is 1. The molecule has 2 atom stereocenters. The maximum absolute atomic E-state index is 13.7. The number of pyridine rings is 1. The average Bonchev–Trinajstić information content (AvgIpc) is 3.42. The Balaban J connectivity index is 1.73. The predicted octanol–water partition coefficient (Wildman–Crippen LogP) is 3.62. The molecular weight excluding hydrogens is 546 g/mol. The third-order valence-electron chi connectivity index (χ3n) is 6.78. The van der Waals surface area contributed by atoms with Crippen LogP contribution >= 0.6 is 11.8 Å². The van der Waals surface area contributed by atoms with Crippen LogP contribution in [0.4, 0.5) is 0 Å². The van der Waals surface area contributed by atoms with E-state index in [2.05, 4.69) is 15.6 Å². The molecule has 1 aliphatic carbocycles. The summed E-state index contributed by atoms with van der Waals surface area (Å²) in [6, 6.07) is 8.71. The van der Waals surface area contributed by atoms with E-state index in [0.29, 0.717) is 29.7 Å². The van der Waals surface area contributed by atoms with Crippen molar-refractivity contribution in [3.05, 3.63) is 59.9 Å². The number of amides is 2. The Kier molecular flexibility index (Phi) is 11.5. The van der Waals surface area contributed by atoms with Crippen molar-refractivity contribution >= 4 is 40.6 Å². The van der Waals surface area contributed by atoms with Gasteiger partial charge in [0, 0.05) is 25.7 Å². The van der Waals surface area contributed by atoms with Crippen molar-refractivity contribution in [1.82, 2.24) is 15.6 Å². The highest BCUT2D eigenvalue weighted by atomic mass is 32.2. The SMILES string of the molecule is CCOC(=O)[C@H](Cc1ccc(OC(=O)c2ccncc2)cc1)NC(=O)C1(NC(=O)[C@@H](SC(C)=O)C(C)C)CCCC1. The molecule has 11 heteroatoms. The Morgan fingerprint density at radius 2 is 1.63 bits per heavy atom. The molecular formula is C30H37N3O7S. The molecule has 3 rings (SSSR count). The van der Waals surface area contributed by atoms with E-state index in [1.165, 1.54) is 19.3 Å². The first-order chi connectivity index (χ1) is 19.5. The zero-order chi connectivity index (χ0) is 30.0. The Labute approximate surface area is 244 Å². The van der Waals surface area contributed by atoms with Crippen LogP contribution in [0.3, 0.4) is 0 Å². The summed E-state index contributed by atoms with van der Waals surface area (Å²) in [5.41, 5.74) is -0.117. The van der Waals surface area contributed by atoms with Crippen LogP contribution in [0.2, 0.25) is 0 Å². The number of aromatic nitrogens is 1. The number of ether oxygens (including phenoxy) is 2. The average molecular weight is 584 g/mol. The lowest BCUT2D eigenvalue weighted by molar-refractivity contribution is -0.148. The molecule has 0 aliphatic heterocycles. The van der Waals surface area contributed by atoms with E-state index in [1.807, 2.05) is 13.8 Å². The predicted molar refractivity (Wildman–Crippen MR) is 154 cm³/mol. The molecule has 2 amide bonds. The van der Waals surface area contributed by atoms with Gasteiger partial charge in [-0.05, 0) is 55.5 Å². The maximum Gasteiger partial charge on any atom is 0.343 e. The summed E-state index contributed by atoms with van der Waals surface area (Å²) >= 11 is 0.949. The van der Waals surface area contributed by atoms with Crippen molar-refractivity contribution < 1.29 is 33.4 Å². The van der Waals surface area contributed by atoms with Crippen molar-refractivity contribution in [2.45, 2.75) is 76.6 Å². The molecule has 41 heavy (non-hydrogen) atoms. The fraction of sp³-hybridized carbons (Fsp3) is 0.467. The minimum atomic E-state index is -1.18. The minimum Gasteiger partial charge on any atom is -0.464 e. The molecule has 0 radical (unpaired) electrons. The fourth-order valence-corrected chi connectivity index (χ4v) is 5.48. The minimum absolute atomic E-state index is 0.121. The molecule has 0 saturated heterocycles. The van der Waals surface area contributed by atoms with E-state index in [9.17, 15) is 24.0 Å². The molecule has 1 heterocycles. The zero-order valence-corrected chi connectivity index (χ0v) is 24.6. The fourth-order valence-electron chi connectivity index (χ4n) is 4.68. The number of nitrogens with zero attached hydrogens (tertiary/aromatic N) is 1. The number of esters is 2. The summed E-state index contributed by atoms with van der Waals surface area (Å²) in [5.74, 6) is -1.75. The highest BCUT2D eigenvalue weighted by Gasteiger charge is 2.45. The highest BCUT2D eigenvalue weighted by molar-refractivity contribution is 8.14. The van der Waals surface area contributed by atoms with Crippen molar-refractivity contribution in [2.24, 2.45) is 5.92 Å². The smallest absolute Gasteiger partial charge is 0.343 e. The van der Waals surface area contributed by atoms with Crippen LogP contribution in [-0.2, 0) is 30.3 Å². The third kappa shape index (κ3) is 8.88. The number of hydrogen-bond acceptors (Lipinski definition) is 9. The number of carbonyl (C=O) groups is 5. The summed E-state index contributed by atoms with van der Waals surface area (Å²) in [4.78, 5) is 67.7. The Hall–Kier alpha value is -3.73. The maximum atomic E-state index is 13.7. The number of benzene rings is 1. The van der Waals surface area contributed by atoms with Crippen LogP contribution in [-0.4, -0.2) is 57.3 Å². The summed E-state index contributed by atoms with van der Waals surface area (Å²) in [6.07, 6.45) is 5.45. The summed E-state index contributed by atoms with van der Waals surface area (Å²) in [5, 5.41) is 4.94. The van der Waals surface area contributed by atoms with Gasteiger partial charge in [0.2, 0.25) is 11.8 Å². The molecule has 1 aromatic heterocycles. The molecule has 220 valence electrons. The quantitative estimate of drug-likeness (QED) is 0.283. The first-order valence-electron chi connectivity index (χ1n) is 13.7. The zero-order valence-electron chi connectivity index (χ0n) is 23.8. The second-order valence-electron chi connectivity index (χ2n) is 10.3. The number of carbonyl (C=O) groups excluding carboxylic acids is 5. The van der Waals surface area contributed by atoms with Crippen molar-refractivity contribution in [3.63, 3.8) is 0 Å². The molecule has 1 saturated carbocycles. The second-order valence-corrected chi connectivity index (χ2v) is 11.6. The van der Waals surface area contributed by atoms with Crippen LogP contribution in [0.1, 0.15) is 69.3 Å². The molecule has 0 unspecified atom stereocenters. The normalized spacial score (nSPS) is 15.4. The Bertz CT molecular complexity index is 1230. The van der Waals surface area contributed by atoms with Gasteiger partial charge in [-0.3, -0.25) is 19.4 Å². The van der Waals surface area contributed by atoms with Gasteiger partial charge in [-0.15, -0.1) is 0 Å². The summed E-state index contributed by atoms with van der Waals surface area (Å²) in [7, 11) is 0. The van der Waals surface area contributed by atoms with E-state index < -0.39 is 34.7 Å². The van der Waals surface area contributed by atoms with Crippen LogP contribution in [0.25, 0.3) is 0 Å². The van der Waals surface area contributed by atoms with Gasteiger partial charge < -0.3 is 20.1 Å². The van der Waals surface area contributed by atoms with Crippen molar-refractivity contribution in [3.8, 4) is 5.75 Å². The molecule has 10 nitrogen and oxygen atoms in total. The van der Waals surface area contributed by atoms with Gasteiger partial charge >= 0.3 is 11.9 Å². The molecule has 2 N–H and O–H groups in total. The van der Waals surface area contributed by atoms with E-state index >= 15 is 0 Å². The number of nitrogens with one attached hydrogen (secondary N) is 2. The number of hydrogen-bond donors (Lipinski definition) is 2. The molecule has 2 aromatic rings.